The Bertz CT molecular complexity index is 1360. The molecule has 0 saturated carbocycles. The van der Waals surface area contributed by atoms with Crippen LogP contribution in [0.2, 0.25) is 0 Å². The number of thioether (sulfide) groups is 1. The number of phosphoric ester groups is 2. The fourth-order valence-electron chi connectivity index (χ4n) is 6.46. The summed E-state index contributed by atoms with van der Waals surface area (Å²) in [5.74, 6) is 0.904. The second-order valence-electron chi connectivity index (χ2n) is 12.8. The van der Waals surface area contributed by atoms with Gasteiger partial charge in [0.05, 0.1) is 31.9 Å². The number of amides is 5. The molecule has 19 nitrogen and oxygen atoms in total. The van der Waals surface area contributed by atoms with Gasteiger partial charge in [-0.15, -0.1) is 0 Å². The summed E-state index contributed by atoms with van der Waals surface area (Å²) in [7, 11) is -9.72. The number of carbonyl (C=O) groups is 3. The second kappa shape index (κ2) is 16.3. The van der Waals surface area contributed by atoms with Crippen LogP contribution in [0.4, 0.5) is 9.59 Å². The van der Waals surface area contributed by atoms with Crippen LogP contribution in [0.25, 0.3) is 0 Å². The number of phosphoric acid groups is 2. The molecular weight excluding hydrogens is 710 g/mol. The molecule has 5 amide bonds. The highest BCUT2D eigenvalue weighted by molar-refractivity contribution is 8.00. The maximum absolute atomic E-state index is 12.9. The molecular formula is C27H46N6O13P2S. The molecule has 0 aliphatic carbocycles. The van der Waals surface area contributed by atoms with Gasteiger partial charge in [-0.2, -0.15) is 11.8 Å². The van der Waals surface area contributed by atoms with E-state index < -0.39 is 58.5 Å². The summed E-state index contributed by atoms with van der Waals surface area (Å²) in [6, 6.07) is -0.377. The van der Waals surface area contributed by atoms with Crippen LogP contribution >= 0.6 is 27.4 Å². The van der Waals surface area contributed by atoms with E-state index in [2.05, 4.69) is 25.8 Å². The highest BCUT2D eigenvalue weighted by Gasteiger charge is 2.66. The van der Waals surface area contributed by atoms with Gasteiger partial charge in [-0.05, 0) is 38.2 Å². The van der Waals surface area contributed by atoms with Crippen LogP contribution in [0.5, 0.6) is 0 Å². The van der Waals surface area contributed by atoms with Gasteiger partial charge in [-0.3, -0.25) is 23.3 Å². The molecule has 49 heavy (non-hydrogen) atoms. The van der Waals surface area contributed by atoms with Crippen LogP contribution in [-0.4, -0.2) is 117 Å². The Morgan fingerprint density at radius 2 is 1.90 bits per heavy atom. The van der Waals surface area contributed by atoms with Gasteiger partial charge in [0, 0.05) is 30.2 Å². The number of nitrogens with zero attached hydrogens (tertiary/aromatic N) is 1. The van der Waals surface area contributed by atoms with E-state index in [1.165, 1.54) is 6.20 Å². The molecule has 22 heteroatoms. The normalized spacial score (nSPS) is 33.4. The Morgan fingerprint density at radius 3 is 2.67 bits per heavy atom. The molecule has 0 spiro atoms. The van der Waals surface area contributed by atoms with Gasteiger partial charge in [0.25, 0.3) is 0 Å². The van der Waals surface area contributed by atoms with Crippen molar-refractivity contribution in [1.82, 2.24) is 26.2 Å². The van der Waals surface area contributed by atoms with Crippen LogP contribution in [0, 0.1) is 0 Å². The van der Waals surface area contributed by atoms with Crippen molar-refractivity contribution in [2.45, 2.75) is 106 Å². The average Bonchev–Trinajstić information content (AvgIpc) is 3.75. The predicted octanol–water partition coefficient (Wildman–Crippen LogP) is 0.708. The number of rotatable bonds is 19. The third kappa shape index (κ3) is 9.96. The quantitative estimate of drug-likeness (QED) is 0.0512. The number of nitrogens with one attached hydrogen (secondary N) is 4. The summed E-state index contributed by atoms with van der Waals surface area (Å²) < 4.78 is 51.4. The number of hydrogen-bond donors (Lipinski definition) is 8. The fraction of sp³-hybridized carbons (Fsp3) is 0.815. The molecule has 0 aromatic carbocycles. The monoisotopic (exact) mass is 756 g/mol. The van der Waals surface area contributed by atoms with Crippen LogP contribution < -0.4 is 27.0 Å². The number of urea groups is 2. The fourth-order valence-corrected chi connectivity index (χ4v) is 9.41. The molecule has 0 aromatic rings. The van der Waals surface area contributed by atoms with Crippen molar-refractivity contribution < 1.29 is 61.2 Å². The summed E-state index contributed by atoms with van der Waals surface area (Å²) in [4.78, 5) is 66.6. The van der Waals surface area contributed by atoms with Crippen molar-refractivity contribution in [3.63, 3.8) is 0 Å². The van der Waals surface area contributed by atoms with Gasteiger partial charge in [-0.25, -0.2) is 18.7 Å². The van der Waals surface area contributed by atoms with E-state index >= 15 is 0 Å². The molecule has 5 aliphatic heterocycles. The second-order valence-corrected chi connectivity index (χ2v) is 16.7. The van der Waals surface area contributed by atoms with Crippen LogP contribution in [0.1, 0.15) is 58.3 Å². The zero-order valence-electron chi connectivity index (χ0n) is 27.1. The summed E-state index contributed by atoms with van der Waals surface area (Å²) in [6.45, 7) is 1.00. The first-order chi connectivity index (χ1) is 23.2. The van der Waals surface area contributed by atoms with Crippen molar-refractivity contribution in [1.29, 1.82) is 0 Å². The number of carbonyl (C=O) groups excluding carboxylic acids is 3. The van der Waals surface area contributed by atoms with Crippen molar-refractivity contribution in [2.24, 2.45) is 5.73 Å². The van der Waals surface area contributed by atoms with Crippen molar-refractivity contribution in [2.75, 3.05) is 32.1 Å². The lowest BCUT2D eigenvalue weighted by Crippen LogP contribution is -2.57. The third-order valence-electron chi connectivity index (χ3n) is 9.05. The Balaban J connectivity index is 0.985. The maximum Gasteiger partial charge on any atom is 0.472 e. The number of unbranched alkanes of at least 4 members (excludes halogenated alkanes) is 4. The standard InChI is InChI=1S/C27H46N6O13P2S/c1-16-12-33(26(36)32-23(16)28)24-21-22(27(45-24,14-42-21)15-44-47(37,38)39)46-48(40,41)43-11-7-3-2-6-10-29-19(34)9-5-4-8-18-20-17(13-49-18)30-25(35)31-20/h12,17-18,20-24H,2-11,13-15,28H2,1H3,(H,29,34)(H,32,36)(H,40,41)(H2,30,31,35)(H2,37,38,39)/t17-,18-,20-,21+,22-,23?,24+,27-/m0/s1. The van der Waals surface area contributed by atoms with Gasteiger partial charge in [0.15, 0.2) is 6.23 Å². The molecule has 5 aliphatic rings. The van der Waals surface area contributed by atoms with E-state index in [-0.39, 0.29) is 37.2 Å². The summed E-state index contributed by atoms with van der Waals surface area (Å²) in [5.41, 5.74) is 4.68. The molecule has 5 heterocycles. The molecule has 9 N–H and O–H groups in total. The minimum atomic E-state index is -4.98. The zero-order valence-corrected chi connectivity index (χ0v) is 29.7. The lowest BCUT2D eigenvalue weighted by molar-refractivity contribution is -0.188. The highest BCUT2D eigenvalue weighted by Crippen LogP contribution is 2.54. The van der Waals surface area contributed by atoms with Crippen LogP contribution in [0.3, 0.4) is 0 Å². The minimum Gasteiger partial charge on any atom is -0.367 e. The van der Waals surface area contributed by atoms with Gasteiger partial charge in [-0.1, -0.05) is 19.3 Å². The number of hydrogen-bond acceptors (Lipinski definition) is 12. The van der Waals surface area contributed by atoms with E-state index in [0.29, 0.717) is 36.6 Å². The third-order valence-corrected chi connectivity index (χ3v) is 12.0. The van der Waals surface area contributed by atoms with E-state index in [4.69, 9.17) is 24.3 Å². The summed E-state index contributed by atoms with van der Waals surface area (Å²) in [6.07, 6.45) is 2.61. The predicted molar refractivity (Wildman–Crippen MR) is 174 cm³/mol. The van der Waals surface area contributed by atoms with Gasteiger partial charge in [0.1, 0.15) is 24.0 Å². The van der Waals surface area contributed by atoms with Gasteiger partial charge >= 0.3 is 27.7 Å². The molecule has 5 rings (SSSR count). The lowest BCUT2D eigenvalue weighted by Gasteiger charge is -2.37. The first-order valence-electron chi connectivity index (χ1n) is 16.3. The van der Waals surface area contributed by atoms with E-state index in [9.17, 15) is 38.2 Å². The van der Waals surface area contributed by atoms with Gasteiger partial charge < -0.3 is 51.2 Å². The largest absolute Gasteiger partial charge is 0.472 e. The van der Waals surface area contributed by atoms with Crippen molar-refractivity contribution in [3.05, 3.63) is 11.8 Å². The molecule has 0 radical (unpaired) electrons. The first-order valence-corrected chi connectivity index (χ1v) is 20.4. The summed E-state index contributed by atoms with van der Waals surface area (Å²) >= 11 is 1.86. The Labute approximate surface area is 287 Å². The van der Waals surface area contributed by atoms with E-state index in [1.807, 2.05) is 11.8 Å². The maximum atomic E-state index is 12.9. The molecule has 4 fully saturated rings. The zero-order chi connectivity index (χ0) is 35.4. The number of fused-ring (bicyclic) bond motifs is 3. The number of ether oxygens (including phenoxy) is 2. The van der Waals surface area contributed by atoms with E-state index in [1.54, 1.807) is 6.92 Å². The van der Waals surface area contributed by atoms with Crippen LogP contribution in [-0.2, 0) is 37.0 Å². The SMILES string of the molecule is CC1=CN([C@@H]2O[C@]3(COP(=O)(O)O)CO[C@@H]2[C@@H]3OP(=O)(O)OCCCCCCNC(=O)CCCC[C@@H]2SC[C@@H]3NC(=O)N[C@@H]32)C(=O)NC1N. The Kier molecular flexibility index (Phi) is 12.7. The Morgan fingerprint density at radius 1 is 1.12 bits per heavy atom. The summed E-state index contributed by atoms with van der Waals surface area (Å²) in [5, 5.41) is 11.7. The topological polar surface area (TPSA) is 270 Å². The van der Waals surface area contributed by atoms with Crippen molar-refractivity contribution in [3.8, 4) is 0 Å². The molecule has 0 aromatic heterocycles. The molecule has 2 unspecified atom stereocenters. The van der Waals surface area contributed by atoms with Crippen LogP contribution in [0.15, 0.2) is 11.8 Å². The lowest BCUT2D eigenvalue weighted by atomic mass is 10.0. The Hall–Kier alpha value is -1.80. The first kappa shape index (κ1) is 38.4. The minimum absolute atomic E-state index is 0.00909. The molecule has 278 valence electrons. The highest BCUT2D eigenvalue weighted by atomic mass is 32.2. The molecule has 4 saturated heterocycles. The molecule has 2 bridgehead atoms. The molecule has 9 atom stereocenters. The van der Waals surface area contributed by atoms with E-state index in [0.717, 1.165) is 42.8 Å². The average molecular weight is 757 g/mol. The van der Waals surface area contributed by atoms with Crippen molar-refractivity contribution >= 4 is 45.4 Å². The smallest absolute Gasteiger partial charge is 0.367 e. The van der Waals surface area contributed by atoms with Gasteiger partial charge in [0.2, 0.25) is 5.91 Å². The number of nitrogens with two attached hydrogens (primary N) is 1.